The molecule has 0 heterocycles. The minimum Gasteiger partial charge on any atom is -0.427 e. The van der Waals surface area contributed by atoms with Crippen LogP contribution in [0.2, 0.25) is 6.04 Å². The Labute approximate surface area is 142 Å². The number of carbonyl (C=O) groups is 2. The Balaban J connectivity index is 2.19. The molecule has 0 atom stereocenters. The lowest BCUT2D eigenvalue weighted by atomic mass is 10.3. The van der Waals surface area contributed by atoms with Crippen LogP contribution in [-0.2, 0) is 14.0 Å². The van der Waals surface area contributed by atoms with Crippen LogP contribution in [0.4, 0.5) is 0 Å². The molecule has 1 rings (SSSR count). The molecular formula is C16H25NO6Si. The summed E-state index contributed by atoms with van der Waals surface area (Å²) in [5, 5.41) is 21.3. The number of ether oxygens (including phenoxy) is 1. The summed E-state index contributed by atoms with van der Waals surface area (Å²) in [5.41, 5.74) is 0. The third-order valence-corrected chi connectivity index (χ3v) is 6.96. The van der Waals surface area contributed by atoms with E-state index in [1.807, 2.05) is 6.07 Å². The van der Waals surface area contributed by atoms with Gasteiger partial charge in [0, 0.05) is 20.1 Å². The Bertz CT molecular complexity index is 498. The van der Waals surface area contributed by atoms with Crippen molar-refractivity contribution in [2.45, 2.75) is 25.3 Å². The van der Waals surface area contributed by atoms with Gasteiger partial charge in [-0.3, -0.25) is 9.59 Å². The molecule has 0 saturated carbocycles. The summed E-state index contributed by atoms with van der Waals surface area (Å²) in [6.45, 7) is 0.407. The maximum absolute atomic E-state index is 11.7. The molecule has 3 N–H and O–H groups in total. The topological polar surface area (TPSA) is 105 Å². The summed E-state index contributed by atoms with van der Waals surface area (Å²) in [4.78, 5) is 23.3. The van der Waals surface area contributed by atoms with Gasteiger partial charge in [0.1, 0.15) is 5.75 Å². The van der Waals surface area contributed by atoms with E-state index in [1.165, 1.54) is 7.11 Å². The molecule has 24 heavy (non-hydrogen) atoms. The molecule has 0 spiro atoms. The van der Waals surface area contributed by atoms with Gasteiger partial charge in [0.2, 0.25) is 14.2 Å². The third kappa shape index (κ3) is 7.22. The first-order valence-electron chi connectivity index (χ1n) is 7.84. The van der Waals surface area contributed by atoms with Crippen LogP contribution in [0.25, 0.3) is 0 Å². The SMILES string of the molecule is CO[Si](CO)(CO)CCCNC(=O)CCC(=O)Oc1ccccc1. The second-order valence-electron chi connectivity index (χ2n) is 5.44. The van der Waals surface area contributed by atoms with E-state index in [1.54, 1.807) is 24.3 Å². The van der Waals surface area contributed by atoms with Gasteiger partial charge in [0.25, 0.3) is 0 Å². The van der Waals surface area contributed by atoms with Gasteiger partial charge in [0.05, 0.1) is 18.9 Å². The first kappa shape index (κ1) is 20.3. The van der Waals surface area contributed by atoms with Crippen molar-refractivity contribution in [1.82, 2.24) is 5.32 Å². The number of hydrogen-bond acceptors (Lipinski definition) is 6. The van der Waals surface area contributed by atoms with Crippen molar-refractivity contribution < 1.29 is 29.0 Å². The summed E-state index contributed by atoms with van der Waals surface area (Å²) >= 11 is 0. The first-order chi connectivity index (χ1) is 11.5. The Morgan fingerprint density at radius 1 is 1.12 bits per heavy atom. The molecule has 134 valence electrons. The number of hydrogen-bond donors (Lipinski definition) is 3. The van der Waals surface area contributed by atoms with Crippen LogP contribution in [0.1, 0.15) is 19.3 Å². The average molecular weight is 355 g/mol. The molecule has 7 nitrogen and oxygen atoms in total. The highest BCUT2D eigenvalue weighted by molar-refractivity contribution is 6.73. The van der Waals surface area contributed by atoms with E-state index in [2.05, 4.69) is 5.32 Å². The number of esters is 1. The highest BCUT2D eigenvalue weighted by Gasteiger charge is 2.31. The second-order valence-corrected chi connectivity index (χ2v) is 9.35. The number of nitrogens with one attached hydrogen (secondary N) is 1. The minimum absolute atomic E-state index is 0.00473. The quantitative estimate of drug-likeness (QED) is 0.231. The molecule has 0 fully saturated rings. The van der Waals surface area contributed by atoms with Gasteiger partial charge in [-0.1, -0.05) is 18.2 Å². The monoisotopic (exact) mass is 355 g/mol. The van der Waals surface area contributed by atoms with Crippen LogP contribution >= 0.6 is 0 Å². The van der Waals surface area contributed by atoms with E-state index in [4.69, 9.17) is 9.16 Å². The van der Waals surface area contributed by atoms with Crippen molar-refractivity contribution in [1.29, 1.82) is 0 Å². The van der Waals surface area contributed by atoms with Gasteiger partial charge in [-0.15, -0.1) is 0 Å². The van der Waals surface area contributed by atoms with Crippen molar-refractivity contribution in [3.8, 4) is 5.75 Å². The maximum Gasteiger partial charge on any atom is 0.311 e. The summed E-state index contributed by atoms with van der Waals surface area (Å²) < 4.78 is 10.3. The molecule has 0 saturated heterocycles. The molecule has 8 heteroatoms. The van der Waals surface area contributed by atoms with Gasteiger partial charge in [-0.2, -0.15) is 0 Å². The van der Waals surface area contributed by atoms with Crippen LogP contribution in [-0.4, -0.2) is 56.5 Å². The molecule has 0 aliphatic heterocycles. The molecule has 0 aliphatic carbocycles. The lowest BCUT2D eigenvalue weighted by Gasteiger charge is -2.25. The Morgan fingerprint density at radius 2 is 1.79 bits per heavy atom. The number of aliphatic hydroxyl groups excluding tert-OH is 2. The molecular weight excluding hydrogens is 330 g/mol. The lowest BCUT2D eigenvalue weighted by molar-refractivity contribution is -0.136. The van der Waals surface area contributed by atoms with Crippen molar-refractivity contribution in [2.24, 2.45) is 0 Å². The number of amides is 1. The predicted molar refractivity (Wildman–Crippen MR) is 90.7 cm³/mol. The van der Waals surface area contributed by atoms with Crippen LogP contribution in [0, 0.1) is 0 Å². The predicted octanol–water partition coefficient (Wildman–Crippen LogP) is 0.533. The number of rotatable bonds is 11. The molecule has 0 aliphatic rings. The molecule has 1 aromatic carbocycles. The zero-order valence-electron chi connectivity index (χ0n) is 13.9. The fourth-order valence-electron chi connectivity index (χ4n) is 2.05. The standard InChI is InChI=1S/C16H25NO6Si/c1-22-24(12-18,13-19)11-5-10-17-15(20)8-9-16(21)23-14-6-3-2-4-7-14/h2-4,6-7,18-19H,5,8-13H2,1H3,(H,17,20). The summed E-state index contributed by atoms with van der Waals surface area (Å²) in [5.74, 6) is -0.239. The van der Waals surface area contributed by atoms with Crippen LogP contribution in [0.15, 0.2) is 30.3 Å². The Morgan fingerprint density at radius 3 is 2.38 bits per heavy atom. The highest BCUT2D eigenvalue weighted by Crippen LogP contribution is 2.12. The number of benzene rings is 1. The zero-order chi connectivity index (χ0) is 17.8. The first-order valence-corrected chi connectivity index (χ1v) is 10.4. The summed E-state index contributed by atoms with van der Waals surface area (Å²) in [6.07, 6.45) is 0.350. The largest absolute Gasteiger partial charge is 0.427 e. The fourth-order valence-corrected chi connectivity index (χ4v) is 3.75. The van der Waals surface area contributed by atoms with E-state index in [-0.39, 0.29) is 31.2 Å². The smallest absolute Gasteiger partial charge is 0.311 e. The van der Waals surface area contributed by atoms with E-state index in [9.17, 15) is 19.8 Å². The van der Waals surface area contributed by atoms with Gasteiger partial charge in [0.15, 0.2) is 0 Å². The number of carbonyl (C=O) groups excluding carboxylic acids is 2. The number of aliphatic hydroxyl groups is 2. The summed E-state index contributed by atoms with van der Waals surface area (Å²) in [6, 6.07) is 9.24. The van der Waals surface area contributed by atoms with Crippen molar-refractivity contribution in [3.05, 3.63) is 30.3 Å². The van der Waals surface area contributed by atoms with E-state index >= 15 is 0 Å². The fraction of sp³-hybridized carbons (Fsp3) is 0.500. The molecule has 1 amide bonds. The molecule has 0 radical (unpaired) electrons. The second kappa shape index (κ2) is 10.9. The van der Waals surface area contributed by atoms with Gasteiger partial charge in [-0.25, -0.2) is 0 Å². The Hall–Kier alpha value is -1.74. The minimum atomic E-state index is -2.48. The number of para-hydroxylation sites is 1. The Kier molecular flexibility index (Phi) is 9.24. The normalized spacial score (nSPS) is 11.1. The van der Waals surface area contributed by atoms with Gasteiger partial charge >= 0.3 is 5.97 Å². The van der Waals surface area contributed by atoms with Crippen LogP contribution < -0.4 is 10.1 Å². The molecule has 1 aromatic rings. The van der Waals surface area contributed by atoms with Crippen LogP contribution in [0.3, 0.4) is 0 Å². The molecule has 0 aromatic heterocycles. The maximum atomic E-state index is 11.7. The molecule has 0 unspecified atom stereocenters. The van der Waals surface area contributed by atoms with E-state index in [0.717, 1.165) is 0 Å². The van der Waals surface area contributed by atoms with E-state index < -0.39 is 14.3 Å². The van der Waals surface area contributed by atoms with Gasteiger partial charge < -0.3 is 24.7 Å². The van der Waals surface area contributed by atoms with Crippen LogP contribution in [0.5, 0.6) is 5.75 Å². The lowest BCUT2D eigenvalue weighted by Crippen LogP contribution is -2.47. The van der Waals surface area contributed by atoms with Crippen molar-refractivity contribution in [3.63, 3.8) is 0 Å². The highest BCUT2D eigenvalue weighted by atomic mass is 28.4. The van der Waals surface area contributed by atoms with Crippen molar-refractivity contribution in [2.75, 3.05) is 26.1 Å². The third-order valence-electron chi connectivity index (χ3n) is 3.67. The van der Waals surface area contributed by atoms with E-state index in [0.29, 0.717) is 24.8 Å². The summed E-state index contributed by atoms with van der Waals surface area (Å²) in [7, 11) is -1.00. The zero-order valence-corrected chi connectivity index (χ0v) is 14.9. The average Bonchev–Trinajstić information content (AvgIpc) is 2.61. The van der Waals surface area contributed by atoms with Crippen molar-refractivity contribution >= 4 is 20.2 Å². The molecule has 0 bridgehead atoms. The van der Waals surface area contributed by atoms with Gasteiger partial charge in [-0.05, 0) is 24.6 Å².